The normalized spacial score (nSPS) is 12.1. The molecule has 0 heterocycles. The zero-order valence-electron chi connectivity index (χ0n) is 11.1. The molecule has 0 radical (unpaired) electrons. The van der Waals surface area contributed by atoms with Crippen molar-refractivity contribution in [2.45, 2.75) is 13.0 Å². The predicted octanol–water partition coefficient (Wildman–Crippen LogP) is 1.40. The summed E-state index contributed by atoms with van der Waals surface area (Å²) in [5.41, 5.74) is 0.742. The van der Waals surface area contributed by atoms with Crippen molar-refractivity contribution in [2.24, 2.45) is 0 Å². The van der Waals surface area contributed by atoms with Crippen molar-refractivity contribution in [3.8, 4) is 0 Å². The van der Waals surface area contributed by atoms with E-state index in [1.807, 2.05) is 0 Å². The molecule has 5 heteroatoms. The highest BCUT2D eigenvalue weighted by Crippen LogP contribution is 2.28. The van der Waals surface area contributed by atoms with Gasteiger partial charge in [-0.2, -0.15) is 0 Å². The number of hydrogen-bond acceptors (Lipinski definition) is 3. The van der Waals surface area contributed by atoms with E-state index in [4.69, 9.17) is 0 Å². The van der Waals surface area contributed by atoms with Gasteiger partial charge in [0, 0.05) is 32.4 Å². The summed E-state index contributed by atoms with van der Waals surface area (Å²) in [6, 6.07) is 4.55. The second-order valence-electron chi connectivity index (χ2n) is 4.49. The fourth-order valence-corrected chi connectivity index (χ4v) is 1.70. The van der Waals surface area contributed by atoms with Gasteiger partial charge in [-0.05, 0) is 19.1 Å². The van der Waals surface area contributed by atoms with Crippen molar-refractivity contribution in [3.05, 3.63) is 29.6 Å². The van der Waals surface area contributed by atoms with Crippen LogP contribution in [0.3, 0.4) is 0 Å². The lowest BCUT2D eigenvalue weighted by Gasteiger charge is -2.24. The lowest BCUT2D eigenvalue weighted by atomic mass is 10.1. The molecule has 1 aromatic rings. The van der Waals surface area contributed by atoms with Gasteiger partial charge in [-0.15, -0.1) is 0 Å². The van der Waals surface area contributed by atoms with Gasteiger partial charge in [-0.25, -0.2) is 4.39 Å². The highest BCUT2D eigenvalue weighted by atomic mass is 19.1. The highest BCUT2D eigenvalue weighted by Gasteiger charge is 2.18. The molecule has 4 nitrogen and oxygen atoms in total. The van der Waals surface area contributed by atoms with Gasteiger partial charge < -0.3 is 14.9 Å². The molecule has 0 unspecified atom stereocenters. The Kier molecular flexibility index (Phi) is 4.67. The number of amides is 1. The molecule has 0 aliphatic carbocycles. The smallest absolute Gasteiger partial charge is 0.241 e. The number of aliphatic hydroxyl groups excluding tert-OH is 1. The molecule has 0 saturated heterocycles. The molecule has 0 aliphatic rings. The zero-order chi connectivity index (χ0) is 13.9. The van der Waals surface area contributed by atoms with E-state index in [0.29, 0.717) is 5.69 Å². The summed E-state index contributed by atoms with van der Waals surface area (Å²) in [7, 11) is 5.02. The minimum Gasteiger partial charge on any atom is -0.389 e. The van der Waals surface area contributed by atoms with Crippen molar-refractivity contribution < 1.29 is 14.3 Å². The highest BCUT2D eigenvalue weighted by molar-refractivity contribution is 5.81. The van der Waals surface area contributed by atoms with Gasteiger partial charge >= 0.3 is 0 Å². The van der Waals surface area contributed by atoms with Crippen LogP contribution in [0, 0.1) is 5.82 Å². The van der Waals surface area contributed by atoms with E-state index >= 15 is 0 Å². The topological polar surface area (TPSA) is 43.8 Å². The first-order valence-electron chi connectivity index (χ1n) is 5.72. The summed E-state index contributed by atoms with van der Waals surface area (Å²) < 4.78 is 13.7. The molecular formula is C13H19FN2O2. The summed E-state index contributed by atoms with van der Waals surface area (Å²) in [5.74, 6) is -0.551. The summed E-state index contributed by atoms with van der Waals surface area (Å²) in [5, 5.41) is 9.62. The average molecular weight is 254 g/mol. The Balaban J connectivity index is 3.02. The van der Waals surface area contributed by atoms with Crippen LogP contribution in [0.2, 0.25) is 0 Å². The Bertz CT molecular complexity index is 433. The molecule has 1 N–H and O–H groups in total. The van der Waals surface area contributed by atoms with E-state index in [0.717, 1.165) is 0 Å². The fraction of sp³-hybridized carbons (Fsp3) is 0.462. The Hall–Kier alpha value is -1.62. The maximum absolute atomic E-state index is 13.7. The Labute approximate surface area is 107 Å². The zero-order valence-corrected chi connectivity index (χ0v) is 11.1. The summed E-state index contributed by atoms with van der Waals surface area (Å²) >= 11 is 0. The van der Waals surface area contributed by atoms with Crippen LogP contribution in [0.4, 0.5) is 10.1 Å². The third-order valence-electron chi connectivity index (χ3n) is 2.73. The van der Waals surface area contributed by atoms with Gasteiger partial charge in [-0.3, -0.25) is 4.79 Å². The Morgan fingerprint density at radius 2 is 2.00 bits per heavy atom. The third kappa shape index (κ3) is 3.20. The van der Waals surface area contributed by atoms with Gasteiger partial charge in [0.2, 0.25) is 5.91 Å². The number of halogens is 1. The number of rotatable bonds is 4. The molecule has 0 aliphatic heterocycles. The van der Waals surface area contributed by atoms with Crippen LogP contribution in [0.5, 0.6) is 0 Å². The first-order valence-corrected chi connectivity index (χ1v) is 5.72. The third-order valence-corrected chi connectivity index (χ3v) is 2.73. The second kappa shape index (κ2) is 5.82. The van der Waals surface area contributed by atoms with Crippen LogP contribution in [0.15, 0.2) is 18.2 Å². The summed E-state index contributed by atoms with van der Waals surface area (Å²) in [4.78, 5) is 14.7. The monoisotopic (exact) mass is 254 g/mol. The molecule has 0 spiro atoms. The first-order chi connectivity index (χ1) is 8.34. The van der Waals surface area contributed by atoms with E-state index in [9.17, 15) is 14.3 Å². The molecule has 0 bridgehead atoms. The molecule has 0 saturated carbocycles. The van der Waals surface area contributed by atoms with Crippen LogP contribution in [-0.2, 0) is 4.79 Å². The summed E-state index contributed by atoms with van der Waals surface area (Å²) in [6.07, 6.45) is -0.918. The molecular weight excluding hydrogens is 235 g/mol. The van der Waals surface area contributed by atoms with E-state index in [1.165, 1.54) is 17.9 Å². The lowest BCUT2D eigenvalue weighted by Crippen LogP contribution is -2.35. The Morgan fingerprint density at radius 3 is 2.50 bits per heavy atom. The number of anilines is 1. The quantitative estimate of drug-likeness (QED) is 0.883. The first kappa shape index (κ1) is 14.4. The van der Waals surface area contributed by atoms with E-state index in [1.54, 1.807) is 38.2 Å². The van der Waals surface area contributed by atoms with E-state index < -0.39 is 11.9 Å². The maximum Gasteiger partial charge on any atom is 0.241 e. The van der Waals surface area contributed by atoms with Crippen molar-refractivity contribution in [3.63, 3.8) is 0 Å². The minimum atomic E-state index is -0.918. The van der Waals surface area contributed by atoms with Gasteiger partial charge in [0.1, 0.15) is 5.82 Å². The number of likely N-dealkylation sites (N-methyl/N-ethyl adjacent to an activating group) is 2. The van der Waals surface area contributed by atoms with Crippen molar-refractivity contribution in [1.82, 2.24) is 4.90 Å². The van der Waals surface area contributed by atoms with Crippen molar-refractivity contribution in [1.29, 1.82) is 0 Å². The van der Waals surface area contributed by atoms with Crippen molar-refractivity contribution >= 4 is 11.6 Å². The van der Waals surface area contributed by atoms with Crippen LogP contribution < -0.4 is 4.90 Å². The number of carbonyl (C=O) groups is 1. The van der Waals surface area contributed by atoms with Gasteiger partial charge in [0.25, 0.3) is 0 Å². The van der Waals surface area contributed by atoms with Crippen LogP contribution in [0.1, 0.15) is 18.6 Å². The van der Waals surface area contributed by atoms with Gasteiger partial charge in [0.05, 0.1) is 12.6 Å². The predicted molar refractivity (Wildman–Crippen MR) is 69.0 cm³/mol. The minimum absolute atomic E-state index is 0.0849. The molecule has 0 fully saturated rings. The largest absolute Gasteiger partial charge is 0.389 e. The maximum atomic E-state index is 13.7. The van der Waals surface area contributed by atoms with Crippen LogP contribution in [0.25, 0.3) is 0 Å². The molecule has 18 heavy (non-hydrogen) atoms. The van der Waals surface area contributed by atoms with E-state index in [2.05, 4.69) is 0 Å². The van der Waals surface area contributed by atoms with Crippen LogP contribution in [-0.4, -0.2) is 43.6 Å². The average Bonchev–Trinajstić information content (AvgIpc) is 2.27. The number of nitrogens with zero attached hydrogens (tertiary/aromatic N) is 2. The number of carbonyl (C=O) groups excluding carboxylic acids is 1. The number of benzene rings is 1. The fourth-order valence-electron chi connectivity index (χ4n) is 1.70. The molecule has 1 rings (SSSR count). The number of aliphatic hydroxyl groups is 1. The standard InChI is InChI=1S/C13H19FN2O2/c1-9(17)13-10(14)6-5-7-11(13)16(4)8-12(18)15(2)3/h5-7,9,17H,8H2,1-4H3/t9-/m1/s1. The van der Waals surface area contributed by atoms with Crippen molar-refractivity contribution in [2.75, 3.05) is 32.6 Å². The Morgan fingerprint density at radius 1 is 1.39 bits per heavy atom. The number of hydrogen-bond donors (Lipinski definition) is 1. The van der Waals surface area contributed by atoms with Crippen LogP contribution >= 0.6 is 0 Å². The molecule has 0 aromatic heterocycles. The SMILES string of the molecule is C[C@@H](O)c1c(F)cccc1N(C)CC(=O)N(C)C. The molecule has 1 aromatic carbocycles. The molecule has 1 atom stereocenters. The van der Waals surface area contributed by atoms with Gasteiger partial charge in [-0.1, -0.05) is 6.07 Å². The second-order valence-corrected chi connectivity index (χ2v) is 4.49. The van der Waals surface area contributed by atoms with E-state index in [-0.39, 0.29) is 18.0 Å². The molecule has 100 valence electrons. The lowest BCUT2D eigenvalue weighted by molar-refractivity contribution is -0.127. The van der Waals surface area contributed by atoms with Gasteiger partial charge in [0.15, 0.2) is 0 Å². The summed E-state index contributed by atoms with van der Waals surface area (Å²) in [6.45, 7) is 1.64. The molecule has 1 amide bonds.